The molecule has 0 radical (unpaired) electrons. The number of ether oxygens (including phenoxy) is 1. The third-order valence-corrected chi connectivity index (χ3v) is 1.21. The van der Waals surface area contributed by atoms with Crippen LogP contribution in [0.1, 0.15) is 20.3 Å². The summed E-state index contributed by atoms with van der Waals surface area (Å²) in [5, 5.41) is 8.55. The molecule has 0 aliphatic rings. The van der Waals surface area contributed by atoms with Gasteiger partial charge in [0.1, 0.15) is 0 Å². The summed E-state index contributed by atoms with van der Waals surface area (Å²) in [5.41, 5.74) is 5.45. The van der Waals surface area contributed by atoms with Gasteiger partial charge in [0, 0.05) is 0 Å². The molecule has 0 aromatic carbocycles. The number of aliphatic carboxylic acids is 1. The van der Waals surface area contributed by atoms with Crippen LogP contribution in [0.4, 0.5) is 0 Å². The van der Waals surface area contributed by atoms with Gasteiger partial charge in [0.05, 0.1) is 12.2 Å². The molecule has 0 fully saturated rings. The molecular weight excluding hydrogens is 182 g/mol. The first kappa shape index (κ1) is 13.7. The summed E-state index contributed by atoms with van der Waals surface area (Å²) in [4.78, 5) is 10.4. The second-order valence-corrected chi connectivity index (χ2v) is 1.93. The predicted octanol–water partition coefficient (Wildman–Crippen LogP) is 1.11. The van der Waals surface area contributed by atoms with E-state index in [4.69, 9.17) is 15.6 Å². The zero-order chi connectivity index (χ0) is 8.85. The molecule has 0 amide bonds. The van der Waals surface area contributed by atoms with E-state index in [1.165, 1.54) is 0 Å². The van der Waals surface area contributed by atoms with Crippen molar-refractivity contribution in [3.8, 4) is 0 Å². The van der Waals surface area contributed by atoms with Crippen LogP contribution in [0.15, 0.2) is 11.5 Å². The molecule has 0 heterocycles. The molecule has 0 bridgehead atoms. The molecule has 0 unspecified atom stereocenters. The minimum Gasteiger partial charge on any atom is -0.479 e. The fraction of sp³-hybridized carbons (Fsp3) is 0.571. The van der Waals surface area contributed by atoms with E-state index in [0.717, 1.165) is 0 Å². The molecule has 12 heavy (non-hydrogen) atoms. The smallest absolute Gasteiger partial charge is 0.336 e. The minimum absolute atomic E-state index is 0. The van der Waals surface area contributed by atoms with E-state index in [0.29, 0.717) is 13.0 Å². The Hall–Kier alpha value is -0.900. The van der Waals surface area contributed by atoms with Gasteiger partial charge in [-0.25, -0.2) is 4.79 Å². The van der Waals surface area contributed by atoms with Crippen molar-refractivity contribution in [2.75, 3.05) is 6.61 Å². The van der Waals surface area contributed by atoms with Crippen molar-refractivity contribution in [3.63, 3.8) is 0 Å². The van der Waals surface area contributed by atoms with Gasteiger partial charge in [0.2, 0.25) is 0 Å². The summed E-state index contributed by atoms with van der Waals surface area (Å²) in [5.74, 6) is -0.999. The third kappa shape index (κ3) is 4.08. The van der Waals surface area contributed by atoms with Crippen LogP contribution in [0.2, 0.25) is 0 Å². The van der Waals surface area contributed by atoms with Crippen LogP contribution in [0.25, 0.3) is 0 Å². The number of nitrogens with two attached hydrogens (primary N) is 1. The van der Waals surface area contributed by atoms with Gasteiger partial charge in [0.15, 0.2) is 5.88 Å². The van der Waals surface area contributed by atoms with E-state index in [1.807, 2.05) is 0 Å². The van der Waals surface area contributed by atoms with Gasteiger partial charge in [-0.05, 0) is 13.3 Å². The lowest BCUT2D eigenvalue weighted by atomic mass is 10.2. The Bertz CT molecular complexity index is 179. The maximum atomic E-state index is 10.4. The summed E-state index contributed by atoms with van der Waals surface area (Å²) >= 11 is 0. The van der Waals surface area contributed by atoms with Crippen LogP contribution in [-0.4, -0.2) is 17.7 Å². The van der Waals surface area contributed by atoms with E-state index < -0.39 is 5.97 Å². The highest BCUT2D eigenvalue weighted by atomic mass is 35.5. The molecule has 0 atom stereocenters. The standard InChI is InChI=1S/C7H13NO3.ClH/c1-3-5(7(9)10)6(8)11-4-2;/h3-4,8H2,1-2H3,(H,9,10);1H. The lowest BCUT2D eigenvalue weighted by Gasteiger charge is -2.05. The Kier molecular flexibility index (Phi) is 7.73. The molecule has 4 nitrogen and oxygen atoms in total. The second-order valence-electron chi connectivity index (χ2n) is 1.93. The molecule has 0 spiro atoms. The van der Waals surface area contributed by atoms with E-state index in [1.54, 1.807) is 13.8 Å². The van der Waals surface area contributed by atoms with Gasteiger partial charge in [0.25, 0.3) is 0 Å². The first-order valence-corrected chi connectivity index (χ1v) is 3.48. The molecule has 3 N–H and O–H groups in total. The van der Waals surface area contributed by atoms with Crippen molar-refractivity contribution < 1.29 is 14.6 Å². The first-order chi connectivity index (χ1) is 5.13. The van der Waals surface area contributed by atoms with E-state index in [9.17, 15) is 4.79 Å². The number of rotatable bonds is 4. The molecular formula is C7H14ClNO3. The third-order valence-electron chi connectivity index (χ3n) is 1.21. The molecule has 0 saturated heterocycles. The van der Waals surface area contributed by atoms with Crippen LogP contribution < -0.4 is 5.73 Å². The number of carboxylic acid groups (broad SMARTS) is 1. The Morgan fingerprint density at radius 3 is 2.25 bits per heavy atom. The zero-order valence-electron chi connectivity index (χ0n) is 7.16. The van der Waals surface area contributed by atoms with E-state index >= 15 is 0 Å². The fourth-order valence-electron chi connectivity index (χ4n) is 0.673. The Balaban J connectivity index is 0. The first-order valence-electron chi connectivity index (χ1n) is 3.48. The number of halogens is 1. The van der Waals surface area contributed by atoms with E-state index in [-0.39, 0.29) is 23.9 Å². The largest absolute Gasteiger partial charge is 0.479 e. The normalized spacial score (nSPS) is 11.2. The maximum absolute atomic E-state index is 10.4. The zero-order valence-corrected chi connectivity index (χ0v) is 7.98. The summed E-state index contributed by atoms with van der Waals surface area (Å²) in [7, 11) is 0. The number of hydrogen-bond acceptors (Lipinski definition) is 3. The lowest BCUT2D eigenvalue weighted by molar-refractivity contribution is -0.133. The van der Waals surface area contributed by atoms with Crippen molar-refractivity contribution in [2.45, 2.75) is 20.3 Å². The molecule has 0 rings (SSSR count). The van der Waals surface area contributed by atoms with Crippen molar-refractivity contribution in [3.05, 3.63) is 11.5 Å². The lowest BCUT2D eigenvalue weighted by Crippen LogP contribution is -2.12. The summed E-state index contributed by atoms with van der Waals surface area (Å²) in [6, 6.07) is 0. The van der Waals surface area contributed by atoms with Gasteiger partial charge in [-0.3, -0.25) is 0 Å². The maximum Gasteiger partial charge on any atom is 0.336 e. The summed E-state index contributed by atoms with van der Waals surface area (Å²) in [6.45, 7) is 3.86. The van der Waals surface area contributed by atoms with Gasteiger partial charge >= 0.3 is 5.97 Å². The molecule has 0 aromatic rings. The van der Waals surface area contributed by atoms with Gasteiger partial charge in [-0.1, -0.05) is 6.92 Å². The Morgan fingerprint density at radius 2 is 2.00 bits per heavy atom. The highest BCUT2D eigenvalue weighted by Gasteiger charge is 2.10. The minimum atomic E-state index is -1.02. The number of hydrogen-bond donors (Lipinski definition) is 2. The second kappa shape index (κ2) is 6.79. The quantitative estimate of drug-likeness (QED) is 0.521. The average Bonchev–Trinajstić information content (AvgIpc) is 1.88. The fourth-order valence-corrected chi connectivity index (χ4v) is 0.673. The van der Waals surface area contributed by atoms with Gasteiger partial charge in [-0.2, -0.15) is 0 Å². The molecule has 0 aromatic heterocycles. The van der Waals surface area contributed by atoms with Crippen LogP contribution in [0, 0.1) is 0 Å². The highest BCUT2D eigenvalue weighted by Crippen LogP contribution is 2.05. The van der Waals surface area contributed by atoms with Gasteiger partial charge in [-0.15, -0.1) is 12.4 Å². The van der Waals surface area contributed by atoms with Crippen molar-refractivity contribution >= 4 is 18.4 Å². The molecule has 0 aliphatic heterocycles. The SMILES string of the molecule is CCOC(N)=C(CC)C(=O)O.Cl. The molecule has 72 valence electrons. The van der Waals surface area contributed by atoms with Gasteiger partial charge < -0.3 is 15.6 Å². The Morgan fingerprint density at radius 1 is 1.50 bits per heavy atom. The highest BCUT2D eigenvalue weighted by molar-refractivity contribution is 5.86. The van der Waals surface area contributed by atoms with Crippen LogP contribution in [-0.2, 0) is 9.53 Å². The Labute approximate surface area is 77.8 Å². The number of carbonyl (C=O) groups is 1. The summed E-state index contributed by atoms with van der Waals surface area (Å²) in [6.07, 6.45) is 0.376. The van der Waals surface area contributed by atoms with E-state index in [2.05, 4.69) is 0 Å². The topological polar surface area (TPSA) is 72.5 Å². The molecule has 0 aliphatic carbocycles. The monoisotopic (exact) mass is 195 g/mol. The average molecular weight is 196 g/mol. The summed E-state index contributed by atoms with van der Waals surface area (Å²) < 4.78 is 4.83. The van der Waals surface area contributed by atoms with Crippen LogP contribution >= 0.6 is 12.4 Å². The van der Waals surface area contributed by atoms with Crippen molar-refractivity contribution in [2.24, 2.45) is 5.73 Å². The predicted molar refractivity (Wildman–Crippen MR) is 48.0 cm³/mol. The van der Waals surface area contributed by atoms with Crippen LogP contribution in [0.3, 0.4) is 0 Å². The van der Waals surface area contributed by atoms with Crippen LogP contribution in [0.5, 0.6) is 0 Å². The molecule has 0 saturated carbocycles. The number of carboxylic acids is 1. The molecule has 5 heteroatoms. The van der Waals surface area contributed by atoms with Crippen molar-refractivity contribution in [1.29, 1.82) is 0 Å². The van der Waals surface area contributed by atoms with Crippen molar-refractivity contribution in [1.82, 2.24) is 0 Å².